The standard InChI is InChI=1S/C14H26N2O2/c15-14(6-2-1-3-7-14)9-13(17)16-10-12-5-4-8-18-11-12/h12H,1-11,15H2,(H,16,17). The molecule has 0 aromatic heterocycles. The summed E-state index contributed by atoms with van der Waals surface area (Å²) in [7, 11) is 0. The minimum absolute atomic E-state index is 0.116. The fourth-order valence-electron chi connectivity index (χ4n) is 3.04. The molecule has 0 radical (unpaired) electrons. The van der Waals surface area contributed by atoms with E-state index in [2.05, 4.69) is 5.32 Å². The average Bonchev–Trinajstić information content (AvgIpc) is 2.38. The average molecular weight is 254 g/mol. The van der Waals surface area contributed by atoms with Gasteiger partial charge in [-0.1, -0.05) is 19.3 Å². The van der Waals surface area contributed by atoms with E-state index in [1.165, 1.54) is 19.3 Å². The minimum Gasteiger partial charge on any atom is -0.381 e. The van der Waals surface area contributed by atoms with E-state index < -0.39 is 0 Å². The molecule has 0 spiro atoms. The summed E-state index contributed by atoms with van der Waals surface area (Å²) in [6, 6.07) is 0. The van der Waals surface area contributed by atoms with Crippen LogP contribution in [-0.2, 0) is 9.53 Å². The summed E-state index contributed by atoms with van der Waals surface area (Å²) in [4.78, 5) is 11.9. The maximum absolute atomic E-state index is 11.9. The smallest absolute Gasteiger partial charge is 0.221 e. The Kier molecular flexibility index (Phi) is 5.01. The van der Waals surface area contributed by atoms with Gasteiger partial charge in [0.05, 0.1) is 6.61 Å². The summed E-state index contributed by atoms with van der Waals surface area (Å²) in [5.41, 5.74) is 6.04. The number of nitrogens with one attached hydrogen (secondary N) is 1. The monoisotopic (exact) mass is 254 g/mol. The highest BCUT2D eigenvalue weighted by Crippen LogP contribution is 2.28. The van der Waals surface area contributed by atoms with Gasteiger partial charge >= 0.3 is 0 Å². The molecule has 104 valence electrons. The van der Waals surface area contributed by atoms with E-state index in [0.29, 0.717) is 12.3 Å². The van der Waals surface area contributed by atoms with Crippen LogP contribution in [0.4, 0.5) is 0 Å². The van der Waals surface area contributed by atoms with Gasteiger partial charge in [0, 0.05) is 25.1 Å². The van der Waals surface area contributed by atoms with Crippen molar-refractivity contribution in [2.45, 2.75) is 56.9 Å². The Hall–Kier alpha value is -0.610. The Balaban J connectivity index is 1.67. The van der Waals surface area contributed by atoms with Crippen LogP contribution in [0.5, 0.6) is 0 Å². The molecule has 0 aromatic carbocycles. The molecule has 1 heterocycles. The Morgan fingerprint density at radius 3 is 2.72 bits per heavy atom. The molecule has 2 rings (SSSR count). The zero-order valence-electron chi connectivity index (χ0n) is 11.2. The molecule has 1 aliphatic heterocycles. The van der Waals surface area contributed by atoms with Gasteiger partial charge in [-0.25, -0.2) is 0 Å². The number of hydrogen-bond donors (Lipinski definition) is 2. The lowest BCUT2D eigenvalue weighted by Gasteiger charge is -2.33. The first-order chi connectivity index (χ1) is 8.68. The largest absolute Gasteiger partial charge is 0.381 e. The van der Waals surface area contributed by atoms with Crippen LogP contribution in [-0.4, -0.2) is 31.2 Å². The third-order valence-electron chi connectivity index (χ3n) is 4.20. The fraction of sp³-hybridized carbons (Fsp3) is 0.929. The first-order valence-corrected chi connectivity index (χ1v) is 7.31. The number of nitrogens with two attached hydrogens (primary N) is 1. The summed E-state index contributed by atoms with van der Waals surface area (Å²) in [5.74, 6) is 0.604. The molecule has 3 N–H and O–H groups in total. The van der Waals surface area contributed by atoms with E-state index >= 15 is 0 Å². The Bertz CT molecular complexity index is 269. The number of carbonyl (C=O) groups is 1. The van der Waals surface area contributed by atoms with Crippen LogP contribution < -0.4 is 11.1 Å². The molecule has 1 saturated carbocycles. The van der Waals surface area contributed by atoms with Gasteiger partial charge in [0.15, 0.2) is 0 Å². The highest BCUT2D eigenvalue weighted by molar-refractivity contribution is 5.77. The van der Waals surface area contributed by atoms with Crippen molar-refractivity contribution in [1.29, 1.82) is 0 Å². The van der Waals surface area contributed by atoms with E-state index in [1.807, 2.05) is 0 Å². The lowest BCUT2D eigenvalue weighted by atomic mass is 9.80. The Morgan fingerprint density at radius 2 is 2.06 bits per heavy atom. The maximum atomic E-state index is 11.9. The predicted molar refractivity (Wildman–Crippen MR) is 71.2 cm³/mol. The van der Waals surface area contributed by atoms with Crippen molar-refractivity contribution >= 4 is 5.91 Å². The molecule has 4 nitrogen and oxygen atoms in total. The lowest BCUT2D eigenvalue weighted by Crippen LogP contribution is -2.46. The van der Waals surface area contributed by atoms with Gasteiger partial charge in [0.1, 0.15) is 0 Å². The molecular weight excluding hydrogens is 228 g/mol. The maximum Gasteiger partial charge on any atom is 0.221 e. The number of hydrogen-bond acceptors (Lipinski definition) is 3. The summed E-state index contributed by atoms with van der Waals surface area (Å²) < 4.78 is 5.41. The number of rotatable bonds is 4. The number of carbonyl (C=O) groups excluding carboxylic acids is 1. The van der Waals surface area contributed by atoms with E-state index in [-0.39, 0.29) is 11.4 Å². The van der Waals surface area contributed by atoms with Crippen molar-refractivity contribution < 1.29 is 9.53 Å². The van der Waals surface area contributed by atoms with Gasteiger partial charge in [-0.05, 0) is 31.6 Å². The Morgan fingerprint density at radius 1 is 1.28 bits per heavy atom. The van der Waals surface area contributed by atoms with Crippen LogP contribution in [0.25, 0.3) is 0 Å². The second kappa shape index (κ2) is 6.53. The van der Waals surface area contributed by atoms with Crippen molar-refractivity contribution in [3.05, 3.63) is 0 Å². The molecule has 2 fully saturated rings. The van der Waals surface area contributed by atoms with Crippen molar-refractivity contribution in [3.8, 4) is 0 Å². The normalized spacial score (nSPS) is 27.7. The molecular formula is C14H26N2O2. The highest BCUT2D eigenvalue weighted by atomic mass is 16.5. The van der Waals surface area contributed by atoms with Gasteiger partial charge in [-0.2, -0.15) is 0 Å². The molecule has 1 amide bonds. The summed E-state index contributed by atoms with van der Waals surface area (Å²) in [6.45, 7) is 2.40. The van der Waals surface area contributed by atoms with E-state index in [0.717, 1.165) is 45.4 Å². The first-order valence-electron chi connectivity index (χ1n) is 7.31. The summed E-state index contributed by atoms with van der Waals surface area (Å²) >= 11 is 0. The number of amides is 1. The van der Waals surface area contributed by atoms with Crippen LogP contribution in [0.2, 0.25) is 0 Å². The van der Waals surface area contributed by atoms with E-state index in [1.54, 1.807) is 0 Å². The quantitative estimate of drug-likeness (QED) is 0.800. The van der Waals surface area contributed by atoms with Gasteiger partial charge in [0.25, 0.3) is 0 Å². The van der Waals surface area contributed by atoms with Gasteiger partial charge in [-0.3, -0.25) is 4.79 Å². The third-order valence-corrected chi connectivity index (χ3v) is 4.20. The van der Waals surface area contributed by atoms with Crippen LogP contribution in [0.15, 0.2) is 0 Å². The van der Waals surface area contributed by atoms with Crippen LogP contribution in [0.1, 0.15) is 51.4 Å². The predicted octanol–water partition coefficient (Wildman–Crippen LogP) is 1.58. The second-order valence-electron chi connectivity index (χ2n) is 5.99. The molecule has 1 unspecified atom stereocenters. The second-order valence-corrected chi connectivity index (χ2v) is 5.99. The topological polar surface area (TPSA) is 64.4 Å². The van der Waals surface area contributed by atoms with Crippen LogP contribution >= 0.6 is 0 Å². The van der Waals surface area contributed by atoms with Crippen molar-refractivity contribution in [3.63, 3.8) is 0 Å². The lowest BCUT2D eigenvalue weighted by molar-refractivity contribution is -0.123. The van der Waals surface area contributed by atoms with Gasteiger partial charge in [-0.15, -0.1) is 0 Å². The molecule has 0 bridgehead atoms. The summed E-state index contributed by atoms with van der Waals surface area (Å²) in [5, 5.41) is 3.03. The first kappa shape index (κ1) is 13.8. The molecule has 0 aromatic rings. The fourth-order valence-corrected chi connectivity index (χ4v) is 3.04. The minimum atomic E-state index is -0.245. The van der Waals surface area contributed by atoms with Crippen LogP contribution in [0.3, 0.4) is 0 Å². The van der Waals surface area contributed by atoms with Crippen molar-refractivity contribution in [1.82, 2.24) is 5.32 Å². The van der Waals surface area contributed by atoms with Crippen molar-refractivity contribution in [2.24, 2.45) is 11.7 Å². The summed E-state index contributed by atoms with van der Waals surface area (Å²) in [6.07, 6.45) is 8.34. The molecule has 1 aliphatic carbocycles. The Labute approximate surface area is 110 Å². The van der Waals surface area contributed by atoms with Gasteiger partial charge in [0.2, 0.25) is 5.91 Å². The SMILES string of the molecule is NC1(CC(=O)NCC2CCCOC2)CCCCC1. The molecule has 2 aliphatic rings. The zero-order valence-corrected chi connectivity index (χ0v) is 11.2. The van der Waals surface area contributed by atoms with Crippen molar-refractivity contribution in [2.75, 3.05) is 19.8 Å². The van der Waals surface area contributed by atoms with Crippen LogP contribution in [0, 0.1) is 5.92 Å². The number of ether oxygens (including phenoxy) is 1. The van der Waals surface area contributed by atoms with Gasteiger partial charge < -0.3 is 15.8 Å². The van der Waals surface area contributed by atoms with E-state index in [4.69, 9.17) is 10.5 Å². The zero-order chi connectivity index (χ0) is 12.8. The molecule has 18 heavy (non-hydrogen) atoms. The van der Waals surface area contributed by atoms with E-state index in [9.17, 15) is 4.79 Å². The molecule has 1 saturated heterocycles. The molecule has 1 atom stereocenters. The third kappa shape index (κ3) is 4.25. The highest BCUT2D eigenvalue weighted by Gasteiger charge is 2.30. The molecule has 4 heteroatoms.